The number of anilines is 1. The Morgan fingerprint density at radius 1 is 1.12 bits per heavy atom. The third-order valence-corrected chi connectivity index (χ3v) is 7.78. The van der Waals surface area contributed by atoms with E-state index in [1.165, 1.54) is 6.26 Å². The fourth-order valence-electron chi connectivity index (χ4n) is 5.94. The first-order valence-electron chi connectivity index (χ1n) is 15.0. The summed E-state index contributed by atoms with van der Waals surface area (Å²) >= 11 is 0. The van der Waals surface area contributed by atoms with Gasteiger partial charge in [-0.15, -0.1) is 0 Å². The number of hydrogen-bond donors (Lipinski definition) is 1. The summed E-state index contributed by atoms with van der Waals surface area (Å²) in [4.78, 5) is 45.2. The summed E-state index contributed by atoms with van der Waals surface area (Å²) in [5.41, 5.74) is -0.476. The number of nitrogens with one attached hydrogen (secondary N) is 1. The summed E-state index contributed by atoms with van der Waals surface area (Å²) in [6.45, 7) is 18.0. The number of likely N-dealkylation sites (tertiary alicyclic amines) is 1. The number of fused-ring (bicyclic) bond motifs is 1. The van der Waals surface area contributed by atoms with E-state index in [0.717, 1.165) is 25.7 Å². The van der Waals surface area contributed by atoms with Crippen molar-refractivity contribution in [3.8, 4) is 0 Å². The molecule has 2 aliphatic rings. The number of aromatic nitrogens is 3. The second kappa shape index (κ2) is 12.4. The molecule has 1 saturated carbocycles. The summed E-state index contributed by atoms with van der Waals surface area (Å²) < 4.78 is 11.2. The summed E-state index contributed by atoms with van der Waals surface area (Å²) in [6.07, 6.45) is 8.83. The van der Waals surface area contributed by atoms with E-state index >= 15 is 0 Å². The Labute approximate surface area is 244 Å². The number of ether oxygens (including phenoxy) is 1. The first kappa shape index (κ1) is 30.8. The molecule has 41 heavy (non-hydrogen) atoms. The van der Waals surface area contributed by atoms with Crippen LogP contribution < -0.4 is 5.32 Å². The van der Waals surface area contributed by atoms with Crippen molar-refractivity contribution in [1.29, 1.82) is 0 Å². The average Bonchev–Trinajstić information content (AvgIpc) is 3.41. The standard InChI is InChI=1S/C31H48N6O4/c1-20(2)17-37(24-19-36(29(39)41-31(6,7)8)18-21-11-9-10-12-22(21)24)27(38)23-15-34-28(30(3,4)5)35-26(23)33-16-25-32-13-14-40-25/h13-15,20-22,24H,9-12,16-19H2,1-8H3,(H,33,34,35). The van der Waals surface area contributed by atoms with Crippen molar-refractivity contribution in [2.24, 2.45) is 17.8 Å². The average molecular weight is 569 g/mol. The molecule has 0 bridgehead atoms. The number of rotatable bonds is 7. The van der Waals surface area contributed by atoms with Crippen LogP contribution >= 0.6 is 0 Å². The Hall–Kier alpha value is -3.17. The molecule has 1 aliphatic carbocycles. The lowest BCUT2D eigenvalue weighted by Gasteiger charge is -2.50. The smallest absolute Gasteiger partial charge is 0.410 e. The van der Waals surface area contributed by atoms with Crippen LogP contribution in [0.15, 0.2) is 23.1 Å². The number of nitrogens with zero attached hydrogens (tertiary/aromatic N) is 5. The lowest BCUT2D eigenvalue weighted by Crippen LogP contribution is -2.60. The van der Waals surface area contributed by atoms with Crippen LogP contribution in [-0.2, 0) is 16.7 Å². The maximum atomic E-state index is 14.5. The molecule has 10 heteroatoms. The number of carbonyl (C=O) groups is 2. The molecule has 0 aromatic carbocycles. The molecule has 1 N–H and O–H groups in total. The van der Waals surface area contributed by atoms with Crippen molar-refractivity contribution in [2.75, 3.05) is 25.0 Å². The van der Waals surface area contributed by atoms with E-state index < -0.39 is 5.60 Å². The molecule has 1 aliphatic heterocycles. The molecular formula is C31H48N6O4. The van der Waals surface area contributed by atoms with E-state index in [-0.39, 0.29) is 29.4 Å². The summed E-state index contributed by atoms with van der Waals surface area (Å²) in [5, 5.41) is 3.29. The van der Waals surface area contributed by atoms with Crippen molar-refractivity contribution in [3.63, 3.8) is 0 Å². The van der Waals surface area contributed by atoms with Crippen molar-refractivity contribution in [1.82, 2.24) is 24.8 Å². The monoisotopic (exact) mass is 568 g/mol. The highest BCUT2D eigenvalue weighted by molar-refractivity contribution is 5.98. The molecule has 0 radical (unpaired) electrons. The zero-order valence-electron chi connectivity index (χ0n) is 26.1. The van der Waals surface area contributed by atoms with E-state index in [1.54, 1.807) is 12.4 Å². The summed E-state index contributed by atoms with van der Waals surface area (Å²) in [5.74, 6) is 2.36. The molecule has 2 aromatic rings. The Kier molecular flexibility index (Phi) is 9.29. The Morgan fingerprint density at radius 2 is 1.85 bits per heavy atom. The van der Waals surface area contributed by atoms with Crippen LogP contribution in [0.5, 0.6) is 0 Å². The van der Waals surface area contributed by atoms with E-state index in [1.807, 2.05) is 51.3 Å². The zero-order chi connectivity index (χ0) is 29.9. The maximum Gasteiger partial charge on any atom is 0.410 e. The van der Waals surface area contributed by atoms with Gasteiger partial charge in [-0.2, -0.15) is 0 Å². The van der Waals surface area contributed by atoms with E-state index in [9.17, 15) is 9.59 Å². The number of oxazole rings is 1. The predicted molar refractivity (Wildman–Crippen MR) is 157 cm³/mol. The lowest BCUT2D eigenvalue weighted by molar-refractivity contribution is -0.0252. The normalized spacial score (nSPS) is 21.4. The second-order valence-electron chi connectivity index (χ2n) is 14.0. The highest BCUT2D eigenvalue weighted by atomic mass is 16.6. The van der Waals surface area contributed by atoms with Crippen LogP contribution in [0.25, 0.3) is 0 Å². The molecule has 3 heterocycles. The van der Waals surface area contributed by atoms with Crippen molar-refractivity contribution < 1.29 is 18.7 Å². The number of piperidine rings is 1. The van der Waals surface area contributed by atoms with Crippen LogP contribution in [0.4, 0.5) is 10.6 Å². The number of carbonyl (C=O) groups excluding carboxylic acids is 2. The van der Waals surface area contributed by atoms with Crippen molar-refractivity contribution in [2.45, 2.75) is 105 Å². The van der Waals surface area contributed by atoms with Gasteiger partial charge >= 0.3 is 6.09 Å². The minimum Gasteiger partial charge on any atom is -0.447 e. The Balaban J connectivity index is 1.70. The van der Waals surface area contributed by atoms with Gasteiger partial charge in [0.15, 0.2) is 0 Å². The van der Waals surface area contributed by atoms with E-state index in [0.29, 0.717) is 61.1 Å². The van der Waals surface area contributed by atoms with Gasteiger partial charge in [0.25, 0.3) is 5.91 Å². The predicted octanol–water partition coefficient (Wildman–Crippen LogP) is 5.90. The number of amides is 2. The van der Waals surface area contributed by atoms with E-state index in [4.69, 9.17) is 14.1 Å². The van der Waals surface area contributed by atoms with Gasteiger partial charge in [-0.25, -0.2) is 19.7 Å². The summed E-state index contributed by atoms with van der Waals surface area (Å²) in [7, 11) is 0. The lowest BCUT2D eigenvalue weighted by atomic mass is 9.72. The van der Waals surface area contributed by atoms with Gasteiger partial charge in [-0.3, -0.25) is 4.79 Å². The van der Waals surface area contributed by atoms with Crippen LogP contribution in [0.3, 0.4) is 0 Å². The maximum absolute atomic E-state index is 14.5. The van der Waals surface area contributed by atoms with Gasteiger partial charge < -0.3 is 24.3 Å². The fourth-order valence-corrected chi connectivity index (χ4v) is 5.94. The zero-order valence-corrected chi connectivity index (χ0v) is 26.1. The topological polar surface area (TPSA) is 114 Å². The highest BCUT2D eigenvalue weighted by Gasteiger charge is 2.45. The quantitative estimate of drug-likeness (QED) is 0.439. The van der Waals surface area contributed by atoms with E-state index in [2.05, 4.69) is 29.1 Å². The van der Waals surface area contributed by atoms with Gasteiger partial charge in [0, 0.05) is 31.2 Å². The molecule has 10 nitrogen and oxygen atoms in total. The second-order valence-corrected chi connectivity index (χ2v) is 14.0. The minimum absolute atomic E-state index is 0.127. The largest absolute Gasteiger partial charge is 0.447 e. The molecule has 3 unspecified atom stereocenters. The van der Waals surface area contributed by atoms with Gasteiger partial charge in [0.05, 0.1) is 18.8 Å². The van der Waals surface area contributed by atoms with Crippen LogP contribution in [0.1, 0.15) is 103 Å². The molecule has 2 amide bonds. The Morgan fingerprint density at radius 3 is 2.49 bits per heavy atom. The third-order valence-electron chi connectivity index (χ3n) is 7.78. The van der Waals surface area contributed by atoms with Crippen LogP contribution in [0.2, 0.25) is 0 Å². The van der Waals surface area contributed by atoms with Gasteiger partial charge in [-0.05, 0) is 51.4 Å². The molecule has 3 atom stereocenters. The van der Waals surface area contributed by atoms with Gasteiger partial charge in [0.2, 0.25) is 5.89 Å². The molecular weight excluding hydrogens is 520 g/mol. The number of hydrogen-bond acceptors (Lipinski definition) is 8. The molecule has 4 rings (SSSR count). The molecule has 1 saturated heterocycles. The van der Waals surface area contributed by atoms with Crippen LogP contribution in [-0.4, -0.2) is 68.0 Å². The van der Waals surface area contributed by atoms with Gasteiger partial charge in [0.1, 0.15) is 29.1 Å². The third kappa shape index (κ3) is 7.77. The Bertz CT molecular complexity index is 1180. The highest BCUT2D eigenvalue weighted by Crippen LogP contribution is 2.40. The molecule has 226 valence electrons. The molecule has 2 aromatic heterocycles. The summed E-state index contributed by atoms with van der Waals surface area (Å²) in [6, 6.07) is -0.127. The molecule has 0 spiro atoms. The fraction of sp³-hybridized carbons (Fsp3) is 0.710. The molecule has 2 fully saturated rings. The van der Waals surface area contributed by atoms with Crippen LogP contribution in [0, 0.1) is 17.8 Å². The minimum atomic E-state index is -0.584. The first-order valence-corrected chi connectivity index (χ1v) is 15.0. The first-order chi connectivity index (χ1) is 19.2. The van der Waals surface area contributed by atoms with Crippen molar-refractivity contribution >= 4 is 17.8 Å². The SMILES string of the molecule is CC(C)CN(C(=O)c1cnc(C(C)(C)C)nc1NCc1ncco1)C1CN(C(=O)OC(C)(C)C)CC2CCCCC21. The van der Waals surface area contributed by atoms with Crippen molar-refractivity contribution in [3.05, 3.63) is 35.9 Å². The van der Waals surface area contributed by atoms with Gasteiger partial charge in [-0.1, -0.05) is 47.5 Å².